The molecule has 2 aromatic rings. The number of benzene rings is 1. The molecule has 27 heavy (non-hydrogen) atoms. The van der Waals surface area contributed by atoms with E-state index in [-0.39, 0.29) is 5.92 Å². The summed E-state index contributed by atoms with van der Waals surface area (Å²) < 4.78 is 5.53. The number of methoxy groups -OCH3 is 1. The van der Waals surface area contributed by atoms with Gasteiger partial charge < -0.3 is 14.7 Å². The van der Waals surface area contributed by atoms with E-state index in [1.807, 2.05) is 32.0 Å². The summed E-state index contributed by atoms with van der Waals surface area (Å²) in [6.07, 6.45) is 4.31. The van der Waals surface area contributed by atoms with Gasteiger partial charge in [-0.2, -0.15) is 5.10 Å². The minimum atomic E-state index is -0.549. The third-order valence-electron chi connectivity index (χ3n) is 6.20. The van der Waals surface area contributed by atoms with Crippen LogP contribution in [0.3, 0.4) is 0 Å². The highest BCUT2D eigenvalue weighted by Crippen LogP contribution is 2.36. The second-order valence-corrected chi connectivity index (χ2v) is 8.08. The molecular weight excluding hydrogens is 338 g/mol. The quantitative estimate of drug-likeness (QED) is 0.893. The standard InChI is InChI=1S/C22H29N3O2/c1-14-6-9-18(20(11-14)27-3)21-15(2)12-19(23-24-21)22(26)16-7-8-17-5-4-10-25(17)13-16/h6,9,11-12,16-17,22,26H,4-5,7-8,10,13H2,1-3H3/t16-,17-,22?/m1/s1. The Hall–Kier alpha value is -1.98. The van der Waals surface area contributed by atoms with Crippen LogP contribution in [0.1, 0.15) is 48.6 Å². The van der Waals surface area contributed by atoms with Gasteiger partial charge in [0.25, 0.3) is 0 Å². The number of nitrogens with zero attached hydrogens (tertiary/aromatic N) is 3. The van der Waals surface area contributed by atoms with Crippen LogP contribution in [0, 0.1) is 19.8 Å². The first kappa shape index (κ1) is 18.4. The SMILES string of the molecule is COc1cc(C)ccc1-c1nnc(C(O)[C@@H]2CC[C@H]3CCCN3C2)cc1C. The summed E-state index contributed by atoms with van der Waals surface area (Å²) in [5.74, 6) is 1.04. The van der Waals surface area contributed by atoms with Crippen LogP contribution in [0.15, 0.2) is 24.3 Å². The van der Waals surface area contributed by atoms with Crippen LogP contribution in [0.2, 0.25) is 0 Å². The molecule has 0 aliphatic carbocycles. The molecule has 1 aromatic heterocycles. The van der Waals surface area contributed by atoms with E-state index < -0.39 is 6.10 Å². The van der Waals surface area contributed by atoms with Crippen molar-refractivity contribution >= 4 is 0 Å². The molecule has 5 heteroatoms. The third kappa shape index (κ3) is 3.58. The number of aliphatic hydroxyl groups excluding tert-OH is 1. The highest BCUT2D eigenvalue weighted by atomic mass is 16.5. The molecule has 2 fully saturated rings. The molecule has 1 unspecified atom stereocenters. The van der Waals surface area contributed by atoms with E-state index in [0.717, 1.165) is 47.1 Å². The van der Waals surface area contributed by atoms with Gasteiger partial charge in [-0.1, -0.05) is 6.07 Å². The molecule has 3 heterocycles. The molecule has 0 radical (unpaired) electrons. The summed E-state index contributed by atoms with van der Waals surface area (Å²) in [4.78, 5) is 2.54. The minimum Gasteiger partial charge on any atom is -0.496 e. The Labute approximate surface area is 161 Å². The predicted octanol–water partition coefficient (Wildman–Crippen LogP) is 3.68. The maximum atomic E-state index is 10.9. The molecule has 1 N–H and O–H groups in total. The summed E-state index contributed by atoms with van der Waals surface area (Å²) in [7, 11) is 1.67. The first-order valence-electron chi connectivity index (χ1n) is 9.98. The molecule has 1 aromatic carbocycles. The van der Waals surface area contributed by atoms with E-state index in [1.165, 1.54) is 25.8 Å². The van der Waals surface area contributed by atoms with E-state index in [0.29, 0.717) is 5.69 Å². The lowest BCUT2D eigenvalue weighted by Gasteiger charge is -2.37. The maximum Gasteiger partial charge on any atom is 0.128 e. The van der Waals surface area contributed by atoms with Gasteiger partial charge in [0.2, 0.25) is 0 Å². The van der Waals surface area contributed by atoms with Crippen LogP contribution < -0.4 is 4.74 Å². The number of piperidine rings is 1. The smallest absolute Gasteiger partial charge is 0.128 e. The van der Waals surface area contributed by atoms with Gasteiger partial charge in [0.05, 0.1) is 18.5 Å². The van der Waals surface area contributed by atoms with Gasteiger partial charge in [-0.3, -0.25) is 0 Å². The largest absolute Gasteiger partial charge is 0.496 e. The monoisotopic (exact) mass is 367 g/mol. The summed E-state index contributed by atoms with van der Waals surface area (Å²) in [6.45, 7) is 6.21. The fourth-order valence-electron chi connectivity index (χ4n) is 4.67. The number of rotatable bonds is 4. The summed E-state index contributed by atoms with van der Waals surface area (Å²) in [5, 5.41) is 19.8. The molecule has 0 amide bonds. The zero-order chi connectivity index (χ0) is 19.0. The fraction of sp³-hybridized carbons (Fsp3) is 0.545. The molecule has 144 valence electrons. The topological polar surface area (TPSA) is 58.5 Å². The van der Waals surface area contributed by atoms with E-state index >= 15 is 0 Å². The van der Waals surface area contributed by atoms with E-state index in [9.17, 15) is 5.11 Å². The number of hydrogen-bond donors (Lipinski definition) is 1. The highest BCUT2D eigenvalue weighted by molar-refractivity contribution is 5.70. The number of fused-ring (bicyclic) bond motifs is 1. The molecule has 0 saturated carbocycles. The van der Waals surface area contributed by atoms with E-state index in [4.69, 9.17) is 4.74 Å². The lowest BCUT2D eigenvalue weighted by atomic mass is 9.87. The molecule has 0 spiro atoms. The van der Waals surface area contributed by atoms with Gasteiger partial charge in [-0.25, -0.2) is 0 Å². The summed E-state index contributed by atoms with van der Waals surface area (Å²) >= 11 is 0. The van der Waals surface area contributed by atoms with Crippen molar-refractivity contribution < 1.29 is 9.84 Å². The number of hydrogen-bond acceptors (Lipinski definition) is 5. The Morgan fingerprint density at radius 3 is 2.78 bits per heavy atom. The zero-order valence-corrected chi connectivity index (χ0v) is 16.5. The maximum absolute atomic E-state index is 10.9. The average Bonchev–Trinajstić information content (AvgIpc) is 3.15. The third-order valence-corrected chi connectivity index (χ3v) is 6.20. The molecular formula is C22H29N3O2. The van der Waals surface area contributed by atoms with Gasteiger partial charge in [0.1, 0.15) is 11.9 Å². The van der Waals surface area contributed by atoms with Gasteiger partial charge in [-0.15, -0.1) is 5.10 Å². The Balaban J connectivity index is 1.56. The van der Waals surface area contributed by atoms with Gasteiger partial charge in [0.15, 0.2) is 0 Å². The minimum absolute atomic E-state index is 0.243. The zero-order valence-electron chi connectivity index (χ0n) is 16.5. The van der Waals surface area contributed by atoms with Crippen LogP contribution in [0.25, 0.3) is 11.3 Å². The molecule has 5 nitrogen and oxygen atoms in total. The van der Waals surface area contributed by atoms with Gasteiger partial charge in [0, 0.05) is 24.1 Å². The first-order valence-corrected chi connectivity index (χ1v) is 9.98. The fourth-order valence-corrected chi connectivity index (χ4v) is 4.67. The second-order valence-electron chi connectivity index (χ2n) is 8.08. The van der Waals surface area contributed by atoms with Crippen molar-refractivity contribution in [2.24, 2.45) is 5.92 Å². The second kappa shape index (κ2) is 7.56. The Bertz CT molecular complexity index is 823. The average molecular weight is 367 g/mol. The lowest BCUT2D eigenvalue weighted by molar-refractivity contribution is 0.0369. The summed E-state index contributed by atoms with van der Waals surface area (Å²) in [6, 6.07) is 8.81. The van der Waals surface area contributed by atoms with Crippen molar-refractivity contribution in [1.82, 2.24) is 15.1 Å². The van der Waals surface area contributed by atoms with Gasteiger partial charge >= 0.3 is 0 Å². The van der Waals surface area contributed by atoms with Crippen molar-refractivity contribution in [2.45, 2.75) is 51.7 Å². The molecule has 0 bridgehead atoms. The Morgan fingerprint density at radius 2 is 2.00 bits per heavy atom. The lowest BCUT2D eigenvalue weighted by Crippen LogP contribution is -2.41. The van der Waals surface area contributed by atoms with Crippen LogP contribution in [-0.4, -0.2) is 46.4 Å². The Kier molecular flexibility index (Phi) is 5.15. The number of ether oxygens (including phenoxy) is 1. The van der Waals surface area contributed by atoms with Crippen LogP contribution in [0.5, 0.6) is 5.75 Å². The summed E-state index contributed by atoms with van der Waals surface area (Å²) in [5.41, 5.74) is 4.59. The Morgan fingerprint density at radius 1 is 1.15 bits per heavy atom. The van der Waals surface area contributed by atoms with Crippen LogP contribution >= 0.6 is 0 Å². The van der Waals surface area contributed by atoms with Crippen molar-refractivity contribution in [1.29, 1.82) is 0 Å². The molecule has 2 aliphatic heterocycles. The highest BCUT2D eigenvalue weighted by Gasteiger charge is 2.35. The normalized spacial score (nSPS) is 23.9. The molecule has 4 rings (SSSR count). The molecule has 2 saturated heterocycles. The van der Waals surface area contributed by atoms with Crippen molar-refractivity contribution in [3.8, 4) is 17.0 Å². The molecule has 3 atom stereocenters. The number of aliphatic hydroxyl groups is 1. The van der Waals surface area contributed by atoms with E-state index in [2.05, 4.69) is 21.2 Å². The predicted molar refractivity (Wildman–Crippen MR) is 106 cm³/mol. The van der Waals surface area contributed by atoms with Crippen LogP contribution in [-0.2, 0) is 0 Å². The van der Waals surface area contributed by atoms with Crippen molar-refractivity contribution in [3.05, 3.63) is 41.1 Å². The van der Waals surface area contributed by atoms with Gasteiger partial charge in [-0.05, 0) is 75.4 Å². The van der Waals surface area contributed by atoms with Crippen molar-refractivity contribution in [2.75, 3.05) is 20.2 Å². The molecule has 2 aliphatic rings. The number of aryl methyl sites for hydroxylation is 2. The van der Waals surface area contributed by atoms with Crippen molar-refractivity contribution in [3.63, 3.8) is 0 Å². The van der Waals surface area contributed by atoms with E-state index in [1.54, 1.807) is 7.11 Å². The van der Waals surface area contributed by atoms with Crippen LogP contribution in [0.4, 0.5) is 0 Å². The first-order chi connectivity index (χ1) is 13.1. The number of aromatic nitrogens is 2.